The van der Waals surface area contributed by atoms with Crippen LogP contribution in [0.15, 0.2) is 42.6 Å². The van der Waals surface area contributed by atoms with Gasteiger partial charge in [0.25, 0.3) is 5.91 Å². The van der Waals surface area contributed by atoms with Gasteiger partial charge in [0.05, 0.1) is 11.5 Å². The molecule has 1 aliphatic heterocycles. The summed E-state index contributed by atoms with van der Waals surface area (Å²) in [7, 11) is 5.71. The topological polar surface area (TPSA) is 57.7 Å². The fraction of sp³-hybridized carbons (Fsp3) is 0.417. The third kappa shape index (κ3) is 4.74. The molecular weight excluding hydrogens is 408 g/mol. The number of likely N-dealkylation sites (tertiary alicyclic amines) is 1. The predicted molar refractivity (Wildman–Crippen MR) is 127 cm³/mol. The molecule has 1 fully saturated rings. The van der Waals surface area contributed by atoms with Gasteiger partial charge in [0.1, 0.15) is 5.82 Å². The van der Waals surface area contributed by atoms with Gasteiger partial charge in [-0.05, 0) is 36.0 Å². The Morgan fingerprint density at radius 2 is 2.13 bits per heavy atom. The number of amides is 1. The number of hydrogen-bond donors (Lipinski definition) is 1. The number of pyridine rings is 1. The minimum Gasteiger partial charge on any atom is -0.383 e. The molecule has 1 amide bonds. The lowest BCUT2D eigenvalue weighted by atomic mass is 9.95. The zero-order chi connectivity index (χ0) is 21.8. The van der Waals surface area contributed by atoms with Crippen molar-refractivity contribution in [3.05, 3.63) is 58.6 Å². The van der Waals surface area contributed by atoms with E-state index in [0.29, 0.717) is 19.1 Å². The van der Waals surface area contributed by atoms with Crippen molar-refractivity contribution in [1.82, 2.24) is 15.2 Å². The number of rotatable bonds is 8. The summed E-state index contributed by atoms with van der Waals surface area (Å²) < 4.78 is 6.26. The van der Waals surface area contributed by atoms with E-state index >= 15 is 0 Å². The average molecular weight is 439 g/mol. The number of nitrogens with zero attached hydrogens (tertiary/aromatic N) is 3. The molecule has 1 aliphatic rings. The molecule has 0 aliphatic carbocycles. The van der Waals surface area contributed by atoms with Crippen LogP contribution in [0.1, 0.15) is 33.1 Å². The quantitative estimate of drug-likeness (QED) is 0.543. The maximum absolute atomic E-state index is 13.0. The highest BCUT2D eigenvalue weighted by atomic mass is 32.1. The molecule has 1 N–H and O–H groups in total. The molecule has 3 aromatic rings. The minimum absolute atomic E-state index is 0.00820. The van der Waals surface area contributed by atoms with Crippen LogP contribution in [-0.4, -0.2) is 63.2 Å². The summed E-state index contributed by atoms with van der Waals surface area (Å²) in [6.45, 7) is 3.87. The smallest absolute Gasteiger partial charge is 0.261 e. The van der Waals surface area contributed by atoms with Crippen LogP contribution in [0.3, 0.4) is 0 Å². The second-order valence-corrected chi connectivity index (χ2v) is 9.24. The van der Waals surface area contributed by atoms with Crippen molar-refractivity contribution in [1.29, 1.82) is 0 Å². The fourth-order valence-electron chi connectivity index (χ4n) is 4.40. The first-order valence-corrected chi connectivity index (χ1v) is 11.5. The van der Waals surface area contributed by atoms with Crippen LogP contribution in [0.4, 0.5) is 5.82 Å². The van der Waals surface area contributed by atoms with Crippen LogP contribution < -0.4 is 10.2 Å². The van der Waals surface area contributed by atoms with Crippen LogP contribution in [0.5, 0.6) is 0 Å². The van der Waals surface area contributed by atoms with Crippen LogP contribution in [-0.2, 0) is 11.3 Å². The summed E-state index contributed by atoms with van der Waals surface area (Å²) in [5.74, 6) is 1.37. The van der Waals surface area contributed by atoms with Crippen LogP contribution in [0.2, 0.25) is 0 Å². The normalized spacial score (nSPS) is 16.7. The lowest BCUT2D eigenvalue weighted by Crippen LogP contribution is -2.27. The van der Waals surface area contributed by atoms with E-state index in [1.807, 2.05) is 32.4 Å². The van der Waals surface area contributed by atoms with Crippen molar-refractivity contribution < 1.29 is 9.53 Å². The molecule has 0 bridgehead atoms. The van der Waals surface area contributed by atoms with E-state index in [4.69, 9.17) is 4.74 Å². The van der Waals surface area contributed by atoms with E-state index in [2.05, 4.69) is 44.4 Å². The Bertz CT molecular complexity index is 1050. The molecule has 1 aromatic carbocycles. The Hall–Kier alpha value is -2.48. The highest BCUT2D eigenvalue weighted by molar-refractivity contribution is 7.21. The van der Waals surface area contributed by atoms with Gasteiger partial charge in [-0.25, -0.2) is 4.98 Å². The summed E-state index contributed by atoms with van der Waals surface area (Å²) >= 11 is 1.60. The van der Waals surface area contributed by atoms with Gasteiger partial charge in [0, 0.05) is 63.2 Å². The Morgan fingerprint density at radius 1 is 1.29 bits per heavy atom. The molecule has 0 radical (unpaired) electrons. The Balaban J connectivity index is 1.57. The second kappa shape index (κ2) is 9.77. The molecule has 0 unspecified atom stereocenters. The Labute approximate surface area is 187 Å². The molecule has 31 heavy (non-hydrogen) atoms. The van der Waals surface area contributed by atoms with Gasteiger partial charge in [0.15, 0.2) is 0 Å². The minimum atomic E-state index is 0.00820. The Morgan fingerprint density at radius 3 is 2.94 bits per heavy atom. The maximum Gasteiger partial charge on any atom is 0.261 e. The zero-order valence-electron chi connectivity index (χ0n) is 18.4. The van der Waals surface area contributed by atoms with Gasteiger partial charge >= 0.3 is 0 Å². The number of ether oxygens (including phenoxy) is 1. The Kier molecular flexibility index (Phi) is 6.85. The number of fused-ring (bicyclic) bond motifs is 1. The lowest BCUT2D eigenvalue weighted by molar-refractivity contribution is 0.0940. The van der Waals surface area contributed by atoms with E-state index in [9.17, 15) is 4.79 Å². The molecule has 0 spiro atoms. The van der Waals surface area contributed by atoms with Gasteiger partial charge in [-0.3, -0.25) is 9.69 Å². The fourth-order valence-corrected chi connectivity index (χ4v) is 5.60. The number of benzene rings is 1. The third-order valence-corrected chi connectivity index (χ3v) is 6.98. The highest BCUT2D eigenvalue weighted by Crippen LogP contribution is 2.40. The number of hydrogen-bond acceptors (Lipinski definition) is 6. The number of anilines is 1. The van der Waals surface area contributed by atoms with Crippen molar-refractivity contribution in [2.75, 3.05) is 52.3 Å². The van der Waals surface area contributed by atoms with E-state index in [1.54, 1.807) is 18.4 Å². The number of nitrogens with one attached hydrogen (secondary N) is 1. The molecule has 3 heterocycles. The summed E-state index contributed by atoms with van der Waals surface area (Å²) in [6, 6.07) is 12.5. The molecule has 4 rings (SSSR count). The number of aromatic nitrogens is 1. The molecule has 164 valence electrons. The van der Waals surface area contributed by atoms with Crippen molar-refractivity contribution >= 4 is 33.1 Å². The van der Waals surface area contributed by atoms with Crippen molar-refractivity contribution in [3.8, 4) is 0 Å². The molecule has 0 saturated carbocycles. The maximum atomic E-state index is 13.0. The van der Waals surface area contributed by atoms with E-state index in [-0.39, 0.29) is 5.91 Å². The summed E-state index contributed by atoms with van der Waals surface area (Å²) in [5.41, 5.74) is 2.44. The monoisotopic (exact) mass is 438 g/mol. The van der Waals surface area contributed by atoms with E-state index in [1.165, 1.54) is 21.2 Å². The summed E-state index contributed by atoms with van der Waals surface area (Å²) in [5, 5.41) is 4.23. The lowest BCUT2D eigenvalue weighted by Gasteiger charge is -2.21. The molecule has 2 aromatic heterocycles. The van der Waals surface area contributed by atoms with E-state index in [0.717, 1.165) is 36.8 Å². The number of carbonyl (C=O) groups is 1. The third-order valence-electron chi connectivity index (χ3n) is 5.80. The zero-order valence-corrected chi connectivity index (χ0v) is 19.2. The van der Waals surface area contributed by atoms with Gasteiger partial charge in [0.2, 0.25) is 0 Å². The second-order valence-electron chi connectivity index (χ2n) is 8.19. The molecule has 1 atom stereocenters. The first-order chi connectivity index (χ1) is 15.1. The van der Waals surface area contributed by atoms with Gasteiger partial charge in [-0.15, -0.1) is 11.3 Å². The van der Waals surface area contributed by atoms with Crippen LogP contribution >= 0.6 is 11.3 Å². The standard InChI is InChI=1S/C24H30N4O2S/c1-27(2)23-18(7-6-11-25-23)16-28-13-10-17(15-28)21-19-8-4-5-9-20(19)31-22(21)24(29)26-12-14-30-3/h4-9,11,17H,10,12-16H2,1-3H3,(H,26,29)/t17-/m0/s1. The van der Waals surface area contributed by atoms with Crippen LogP contribution in [0.25, 0.3) is 10.1 Å². The molecule has 6 nitrogen and oxygen atoms in total. The number of thiophene rings is 1. The van der Waals surface area contributed by atoms with Crippen molar-refractivity contribution in [3.63, 3.8) is 0 Å². The van der Waals surface area contributed by atoms with Crippen molar-refractivity contribution in [2.45, 2.75) is 18.9 Å². The van der Waals surface area contributed by atoms with Gasteiger partial charge in [-0.1, -0.05) is 24.3 Å². The molecule has 7 heteroatoms. The summed E-state index contributed by atoms with van der Waals surface area (Å²) in [6.07, 6.45) is 2.90. The van der Waals surface area contributed by atoms with Gasteiger partial charge < -0.3 is 15.0 Å². The molecular formula is C24H30N4O2S. The number of carbonyl (C=O) groups excluding carboxylic acids is 1. The average Bonchev–Trinajstić information content (AvgIpc) is 3.38. The van der Waals surface area contributed by atoms with Gasteiger partial charge in [-0.2, -0.15) is 0 Å². The largest absolute Gasteiger partial charge is 0.383 e. The first-order valence-electron chi connectivity index (χ1n) is 10.7. The van der Waals surface area contributed by atoms with E-state index < -0.39 is 0 Å². The highest BCUT2D eigenvalue weighted by Gasteiger charge is 2.31. The first kappa shape index (κ1) is 21.7. The predicted octanol–water partition coefficient (Wildman–Crippen LogP) is 3.73. The molecule has 1 saturated heterocycles. The SMILES string of the molecule is COCCNC(=O)c1sc2ccccc2c1[C@H]1CCN(Cc2cccnc2N(C)C)C1. The van der Waals surface area contributed by atoms with Crippen molar-refractivity contribution in [2.24, 2.45) is 0 Å². The summed E-state index contributed by atoms with van der Waals surface area (Å²) in [4.78, 5) is 22.9. The van der Waals surface area contributed by atoms with Crippen LogP contribution in [0, 0.1) is 0 Å². The number of methoxy groups -OCH3 is 1.